The molecular formula is C20H24F3N3O4. The number of nitrogens with one attached hydrogen (secondary N) is 1. The van der Waals surface area contributed by atoms with Crippen molar-refractivity contribution in [1.29, 1.82) is 0 Å². The molecule has 1 aromatic carbocycles. The molecule has 10 heteroatoms. The summed E-state index contributed by atoms with van der Waals surface area (Å²) in [5.41, 5.74) is -0.0431. The number of alkyl halides is 3. The molecule has 4 rings (SSSR count). The fourth-order valence-corrected chi connectivity index (χ4v) is 4.07. The Morgan fingerprint density at radius 3 is 2.67 bits per heavy atom. The Hall–Kier alpha value is -2.33. The number of amides is 3. The summed E-state index contributed by atoms with van der Waals surface area (Å²) in [5, 5.41) is 2.88. The number of likely N-dealkylation sites (tertiary alicyclic amines) is 2. The number of carbonyl (C=O) groups excluding carboxylic acids is 2. The first kappa shape index (κ1) is 20.9. The summed E-state index contributed by atoms with van der Waals surface area (Å²) in [6, 6.07) is 4.45. The van der Waals surface area contributed by atoms with Crippen LogP contribution in [0.25, 0.3) is 0 Å². The Morgan fingerprint density at radius 1 is 1.27 bits per heavy atom. The van der Waals surface area contributed by atoms with E-state index in [0.717, 1.165) is 12.1 Å². The van der Waals surface area contributed by atoms with E-state index in [4.69, 9.17) is 9.47 Å². The number of hydrogen-bond acceptors (Lipinski definition) is 4. The molecular weight excluding hydrogens is 403 g/mol. The fraction of sp³-hybridized carbons (Fsp3) is 0.600. The molecule has 3 amide bonds. The van der Waals surface area contributed by atoms with Crippen molar-refractivity contribution >= 4 is 11.9 Å². The number of nitrogens with zero attached hydrogens (tertiary/aromatic N) is 2. The number of benzene rings is 1. The van der Waals surface area contributed by atoms with E-state index in [2.05, 4.69) is 5.32 Å². The normalized spacial score (nSPS) is 29.1. The number of urea groups is 1. The summed E-state index contributed by atoms with van der Waals surface area (Å²) in [7, 11) is 0. The van der Waals surface area contributed by atoms with Crippen molar-refractivity contribution < 1.29 is 32.2 Å². The Bertz CT molecular complexity index is 801. The van der Waals surface area contributed by atoms with Crippen LogP contribution in [0.3, 0.4) is 0 Å². The van der Waals surface area contributed by atoms with Gasteiger partial charge in [-0.1, -0.05) is 12.1 Å². The van der Waals surface area contributed by atoms with Crippen LogP contribution in [0.4, 0.5) is 18.0 Å². The van der Waals surface area contributed by atoms with Crippen LogP contribution >= 0.6 is 0 Å². The highest BCUT2D eigenvalue weighted by molar-refractivity contribution is 5.79. The number of hydrogen-bond donors (Lipinski definition) is 1. The standard InChI is InChI=1S/C20H24F3N3O4/c1-12-17(29-10-13-2-4-14(5-3-13)20(21,22)23)9-26(12)19(28)25-7-6-16-15(8-25)24-18(27)11-30-16/h2-5,12,15-17H,6-11H2,1H3,(H,24,27). The second kappa shape index (κ2) is 8.07. The smallest absolute Gasteiger partial charge is 0.370 e. The van der Waals surface area contributed by atoms with E-state index < -0.39 is 11.7 Å². The number of piperidine rings is 1. The summed E-state index contributed by atoms with van der Waals surface area (Å²) in [5.74, 6) is -0.167. The molecule has 1 aromatic rings. The van der Waals surface area contributed by atoms with Gasteiger partial charge in [-0.15, -0.1) is 0 Å². The average Bonchev–Trinajstić information content (AvgIpc) is 2.71. The van der Waals surface area contributed by atoms with Crippen molar-refractivity contribution in [3.63, 3.8) is 0 Å². The lowest BCUT2D eigenvalue weighted by molar-refractivity contribution is -0.140. The molecule has 3 heterocycles. The molecule has 0 aromatic heterocycles. The van der Waals surface area contributed by atoms with Gasteiger partial charge in [-0.3, -0.25) is 4.79 Å². The van der Waals surface area contributed by atoms with E-state index in [1.54, 1.807) is 9.80 Å². The molecule has 4 unspecified atom stereocenters. The van der Waals surface area contributed by atoms with Gasteiger partial charge < -0.3 is 24.6 Å². The summed E-state index contributed by atoms with van der Waals surface area (Å²) in [6.07, 6.45) is -3.91. The van der Waals surface area contributed by atoms with Crippen LogP contribution in [0.15, 0.2) is 24.3 Å². The zero-order chi connectivity index (χ0) is 21.5. The SMILES string of the molecule is CC1C(OCc2ccc(C(F)(F)F)cc2)CN1C(=O)N1CCC2OCC(=O)NC2C1. The number of ether oxygens (including phenoxy) is 2. The third-order valence-corrected chi connectivity index (χ3v) is 5.99. The van der Waals surface area contributed by atoms with E-state index in [0.29, 0.717) is 31.6 Å². The number of morpholine rings is 1. The fourth-order valence-electron chi connectivity index (χ4n) is 4.07. The molecule has 0 bridgehead atoms. The average molecular weight is 427 g/mol. The van der Waals surface area contributed by atoms with E-state index in [1.807, 2.05) is 6.92 Å². The first-order valence-corrected chi connectivity index (χ1v) is 9.96. The predicted molar refractivity (Wildman–Crippen MR) is 99.4 cm³/mol. The molecule has 3 aliphatic rings. The zero-order valence-corrected chi connectivity index (χ0v) is 16.5. The molecule has 0 radical (unpaired) electrons. The topological polar surface area (TPSA) is 71.1 Å². The monoisotopic (exact) mass is 427 g/mol. The first-order chi connectivity index (χ1) is 14.2. The molecule has 3 aliphatic heterocycles. The molecule has 4 atom stereocenters. The Morgan fingerprint density at radius 2 is 2.00 bits per heavy atom. The molecule has 3 saturated heterocycles. The lowest BCUT2D eigenvalue weighted by Crippen LogP contribution is -2.67. The van der Waals surface area contributed by atoms with Crippen LogP contribution in [-0.4, -0.2) is 72.3 Å². The number of rotatable bonds is 3. The maximum absolute atomic E-state index is 12.8. The van der Waals surface area contributed by atoms with Crippen LogP contribution in [0.1, 0.15) is 24.5 Å². The zero-order valence-electron chi connectivity index (χ0n) is 16.5. The Kier molecular flexibility index (Phi) is 5.63. The predicted octanol–water partition coefficient (Wildman–Crippen LogP) is 2.00. The van der Waals surface area contributed by atoms with Crippen molar-refractivity contribution in [2.75, 3.05) is 26.2 Å². The third-order valence-electron chi connectivity index (χ3n) is 5.99. The van der Waals surface area contributed by atoms with Gasteiger partial charge in [-0.2, -0.15) is 13.2 Å². The molecule has 1 N–H and O–H groups in total. The van der Waals surface area contributed by atoms with Gasteiger partial charge in [0, 0.05) is 13.1 Å². The van der Waals surface area contributed by atoms with Crippen molar-refractivity contribution in [2.24, 2.45) is 0 Å². The Labute approximate surface area is 172 Å². The maximum Gasteiger partial charge on any atom is 0.416 e. The van der Waals surface area contributed by atoms with E-state index in [1.165, 1.54) is 12.1 Å². The van der Waals surface area contributed by atoms with Crippen molar-refractivity contribution in [1.82, 2.24) is 15.1 Å². The van der Waals surface area contributed by atoms with E-state index in [9.17, 15) is 22.8 Å². The molecule has 3 fully saturated rings. The maximum atomic E-state index is 12.8. The Balaban J connectivity index is 1.25. The number of fused-ring (bicyclic) bond motifs is 1. The lowest BCUT2D eigenvalue weighted by atomic mass is 9.99. The number of carbonyl (C=O) groups is 2. The summed E-state index contributed by atoms with van der Waals surface area (Å²) in [6.45, 7) is 3.54. The second-order valence-corrected chi connectivity index (χ2v) is 7.98. The van der Waals surface area contributed by atoms with Gasteiger partial charge in [0.15, 0.2) is 0 Å². The van der Waals surface area contributed by atoms with Crippen LogP contribution in [-0.2, 0) is 27.1 Å². The summed E-state index contributed by atoms with van der Waals surface area (Å²) >= 11 is 0. The number of halogens is 3. The van der Waals surface area contributed by atoms with Gasteiger partial charge in [-0.05, 0) is 31.0 Å². The van der Waals surface area contributed by atoms with E-state index >= 15 is 0 Å². The van der Waals surface area contributed by atoms with Gasteiger partial charge in [0.1, 0.15) is 6.61 Å². The minimum Gasteiger partial charge on any atom is -0.370 e. The van der Waals surface area contributed by atoms with E-state index in [-0.39, 0.29) is 49.4 Å². The highest BCUT2D eigenvalue weighted by Gasteiger charge is 2.44. The quantitative estimate of drug-likeness (QED) is 0.801. The third kappa shape index (κ3) is 4.24. The molecule has 7 nitrogen and oxygen atoms in total. The highest BCUT2D eigenvalue weighted by atomic mass is 19.4. The van der Waals surface area contributed by atoms with Gasteiger partial charge >= 0.3 is 12.2 Å². The lowest BCUT2D eigenvalue weighted by Gasteiger charge is -2.49. The summed E-state index contributed by atoms with van der Waals surface area (Å²) in [4.78, 5) is 27.8. The first-order valence-electron chi connectivity index (χ1n) is 9.96. The van der Waals surface area contributed by atoms with Crippen LogP contribution < -0.4 is 5.32 Å². The molecule has 30 heavy (non-hydrogen) atoms. The minimum absolute atomic E-state index is 0.0552. The van der Waals surface area contributed by atoms with Gasteiger partial charge in [0.25, 0.3) is 0 Å². The second-order valence-electron chi connectivity index (χ2n) is 7.98. The highest BCUT2D eigenvalue weighted by Crippen LogP contribution is 2.30. The summed E-state index contributed by atoms with van der Waals surface area (Å²) < 4.78 is 49.2. The van der Waals surface area contributed by atoms with Crippen molar-refractivity contribution in [3.05, 3.63) is 35.4 Å². The van der Waals surface area contributed by atoms with Crippen molar-refractivity contribution in [2.45, 2.75) is 50.4 Å². The molecule has 0 aliphatic carbocycles. The van der Waals surface area contributed by atoms with Crippen LogP contribution in [0, 0.1) is 0 Å². The van der Waals surface area contributed by atoms with Crippen LogP contribution in [0.5, 0.6) is 0 Å². The van der Waals surface area contributed by atoms with Gasteiger partial charge in [0.05, 0.1) is 43.0 Å². The minimum atomic E-state index is -4.36. The molecule has 0 spiro atoms. The van der Waals surface area contributed by atoms with Gasteiger partial charge in [-0.25, -0.2) is 4.79 Å². The van der Waals surface area contributed by atoms with Gasteiger partial charge in [0.2, 0.25) is 5.91 Å². The molecule has 0 saturated carbocycles. The van der Waals surface area contributed by atoms with Crippen LogP contribution in [0.2, 0.25) is 0 Å². The van der Waals surface area contributed by atoms with Crippen molar-refractivity contribution in [3.8, 4) is 0 Å². The molecule has 164 valence electrons. The largest absolute Gasteiger partial charge is 0.416 e.